The number of hydrogen-bond donors (Lipinski definition) is 1. The van der Waals surface area contributed by atoms with Crippen molar-refractivity contribution in [3.05, 3.63) is 44.7 Å². The van der Waals surface area contributed by atoms with E-state index >= 15 is 0 Å². The molecule has 2 rings (SSSR count). The van der Waals surface area contributed by atoms with Crippen LogP contribution >= 0.6 is 34.8 Å². The second kappa shape index (κ2) is 6.57. The summed E-state index contributed by atoms with van der Waals surface area (Å²) in [6, 6.07) is 3.29. The number of nitrogens with zero attached hydrogens (tertiary/aromatic N) is 3. The van der Waals surface area contributed by atoms with Gasteiger partial charge in [0.1, 0.15) is 0 Å². The number of rotatable bonds is 5. The summed E-state index contributed by atoms with van der Waals surface area (Å²) in [5.74, 6) is 0. The Morgan fingerprint density at radius 1 is 1.16 bits per heavy atom. The van der Waals surface area contributed by atoms with Crippen molar-refractivity contribution in [2.75, 3.05) is 6.61 Å². The van der Waals surface area contributed by atoms with Crippen LogP contribution in [0.5, 0.6) is 0 Å². The minimum Gasteiger partial charge on any atom is -0.396 e. The van der Waals surface area contributed by atoms with Crippen molar-refractivity contribution in [2.24, 2.45) is 0 Å². The Hall–Kier alpha value is -0.810. The molecule has 1 aromatic heterocycles. The predicted molar refractivity (Wildman–Crippen MR) is 76.0 cm³/mol. The molecule has 1 N–H and O–H groups in total. The normalized spacial score (nSPS) is 10.9. The van der Waals surface area contributed by atoms with Gasteiger partial charge in [0.25, 0.3) is 0 Å². The van der Waals surface area contributed by atoms with Gasteiger partial charge in [0.2, 0.25) is 0 Å². The molecule has 4 nitrogen and oxygen atoms in total. The summed E-state index contributed by atoms with van der Waals surface area (Å²) in [7, 11) is 0. The molecule has 102 valence electrons. The van der Waals surface area contributed by atoms with Gasteiger partial charge in [-0.3, -0.25) is 0 Å². The topological polar surface area (TPSA) is 50.9 Å². The third-order valence-electron chi connectivity index (χ3n) is 2.60. The fourth-order valence-corrected chi connectivity index (χ4v) is 2.61. The van der Waals surface area contributed by atoms with Gasteiger partial charge >= 0.3 is 0 Å². The highest BCUT2D eigenvalue weighted by atomic mass is 35.5. The predicted octanol–water partition coefficient (Wildman–Crippen LogP) is 3.21. The van der Waals surface area contributed by atoms with Gasteiger partial charge in [0, 0.05) is 33.4 Å². The van der Waals surface area contributed by atoms with Gasteiger partial charge in [0.15, 0.2) is 0 Å². The van der Waals surface area contributed by atoms with Crippen molar-refractivity contribution in [1.29, 1.82) is 0 Å². The first-order chi connectivity index (χ1) is 9.10. The fraction of sp³-hybridized carbons (Fsp3) is 0.333. The van der Waals surface area contributed by atoms with Gasteiger partial charge in [0.05, 0.1) is 12.2 Å². The summed E-state index contributed by atoms with van der Waals surface area (Å²) in [5.41, 5.74) is 1.58. The van der Waals surface area contributed by atoms with Gasteiger partial charge in [-0.05, 0) is 25.0 Å². The highest BCUT2D eigenvalue weighted by Crippen LogP contribution is 2.29. The molecular formula is C12H12Cl3N3O. The maximum Gasteiger partial charge on any atom is 0.0828 e. The van der Waals surface area contributed by atoms with E-state index in [9.17, 15) is 0 Å². The second-order valence-corrected chi connectivity index (χ2v) is 5.33. The Balaban J connectivity index is 2.15. The van der Waals surface area contributed by atoms with Crippen LogP contribution in [-0.4, -0.2) is 26.7 Å². The molecule has 0 bridgehead atoms. The van der Waals surface area contributed by atoms with Crippen LogP contribution in [0.3, 0.4) is 0 Å². The lowest BCUT2D eigenvalue weighted by Gasteiger charge is -2.07. The second-order valence-electron chi connectivity index (χ2n) is 4.08. The van der Waals surface area contributed by atoms with Crippen LogP contribution in [0.2, 0.25) is 15.1 Å². The van der Waals surface area contributed by atoms with Crippen LogP contribution < -0.4 is 0 Å². The Morgan fingerprint density at radius 3 is 2.47 bits per heavy atom. The zero-order chi connectivity index (χ0) is 13.8. The quantitative estimate of drug-likeness (QED) is 0.920. The SMILES string of the molecule is OCCCc1cn(Cc2c(Cl)cc(Cl)cc2Cl)nn1. The molecule has 0 aliphatic carbocycles. The molecule has 0 fully saturated rings. The lowest BCUT2D eigenvalue weighted by atomic mass is 10.2. The van der Waals surface area contributed by atoms with Gasteiger partial charge < -0.3 is 5.11 Å². The highest BCUT2D eigenvalue weighted by Gasteiger charge is 2.10. The van der Waals surface area contributed by atoms with E-state index in [4.69, 9.17) is 39.9 Å². The molecule has 19 heavy (non-hydrogen) atoms. The maximum atomic E-state index is 8.77. The van der Waals surface area contributed by atoms with Crippen LogP contribution in [0.4, 0.5) is 0 Å². The molecule has 0 unspecified atom stereocenters. The van der Waals surface area contributed by atoms with E-state index in [0.717, 1.165) is 11.3 Å². The van der Waals surface area contributed by atoms with Crippen molar-refractivity contribution in [1.82, 2.24) is 15.0 Å². The average Bonchev–Trinajstić information content (AvgIpc) is 2.79. The van der Waals surface area contributed by atoms with Crippen LogP contribution in [0, 0.1) is 0 Å². The summed E-state index contributed by atoms with van der Waals surface area (Å²) in [4.78, 5) is 0. The molecule has 2 aromatic rings. The molecule has 0 saturated carbocycles. The van der Waals surface area contributed by atoms with E-state index < -0.39 is 0 Å². The highest BCUT2D eigenvalue weighted by molar-refractivity contribution is 6.39. The number of aliphatic hydroxyl groups excluding tert-OH is 1. The van der Waals surface area contributed by atoms with Crippen LogP contribution in [-0.2, 0) is 13.0 Å². The van der Waals surface area contributed by atoms with Gasteiger partial charge in [-0.1, -0.05) is 40.0 Å². The van der Waals surface area contributed by atoms with Gasteiger partial charge in [-0.25, -0.2) is 4.68 Å². The first-order valence-corrected chi connectivity index (χ1v) is 6.87. The number of hydrogen-bond acceptors (Lipinski definition) is 3. The van der Waals surface area contributed by atoms with Crippen molar-refractivity contribution in [2.45, 2.75) is 19.4 Å². The van der Waals surface area contributed by atoms with Crippen molar-refractivity contribution in [3.8, 4) is 0 Å². The van der Waals surface area contributed by atoms with Crippen molar-refractivity contribution < 1.29 is 5.11 Å². The minimum absolute atomic E-state index is 0.141. The molecule has 0 aliphatic heterocycles. The van der Waals surface area contributed by atoms with E-state index in [2.05, 4.69) is 10.3 Å². The van der Waals surface area contributed by atoms with E-state index in [1.165, 1.54) is 0 Å². The summed E-state index contributed by atoms with van der Waals surface area (Å²) in [6.45, 7) is 0.572. The molecule has 1 aromatic carbocycles. The van der Waals surface area contributed by atoms with Crippen LogP contribution in [0.1, 0.15) is 17.7 Å². The maximum absolute atomic E-state index is 8.77. The molecular weight excluding hydrogens is 309 g/mol. The molecule has 0 saturated heterocycles. The lowest BCUT2D eigenvalue weighted by Crippen LogP contribution is -2.02. The molecule has 0 amide bonds. The van der Waals surface area contributed by atoms with E-state index in [1.54, 1.807) is 16.8 Å². The zero-order valence-corrected chi connectivity index (χ0v) is 12.3. The number of aryl methyl sites for hydroxylation is 1. The number of aliphatic hydroxyl groups is 1. The average molecular weight is 321 g/mol. The molecule has 0 radical (unpaired) electrons. The molecule has 0 atom stereocenters. The zero-order valence-electron chi connectivity index (χ0n) is 9.98. The Kier molecular flexibility index (Phi) is 5.05. The standard InChI is InChI=1S/C12H12Cl3N3O/c13-8-4-11(14)10(12(15)5-8)7-18-6-9(16-17-18)2-1-3-19/h4-6,19H,1-3,7H2. The first-order valence-electron chi connectivity index (χ1n) is 5.73. The summed E-state index contributed by atoms with van der Waals surface area (Å²) >= 11 is 18.1. The summed E-state index contributed by atoms with van der Waals surface area (Å²) in [6.07, 6.45) is 3.18. The molecule has 0 spiro atoms. The monoisotopic (exact) mass is 319 g/mol. The summed E-state index contributed by atoms with van der Waals surface area (Å²) < 4.78 is 1.66. The lowest BCUT2D eigenvalue weighted by molar-refractivity contribution is 0.288. The van der Waals surface area contributed by atoms with Crippen molar-refractivity contribution >= 4 is 34.8 Å². The third-order valence-corrected chi connectivity index (χ3v) is 3.50. The number of halogens is 3. The number of aromatic nitrogens is 3. The molecule has 7 heteroatoms. The van der Waals surface area contributed by atoms with E-state index in [1.807, 2.05) is 6.20 Å². The molecule has 1 heterocycles. The fourth-order valence-electron chi connectivity index (χ4n) is 1.68. The Morgan fingerprint density at radius 2 is 1.84 bits per heavy atom. The summed E-state index contributed by atoms with van der Waals surface area (Å²) in [5, 5.41) is 18.3. The smallest absolute Gasteiger partial charge is 0.0828 e. The van der Waals surface area contributed by atoms with E-state index in [0.29, 0.717) is 34.5 Å². The largest absolute Gasteiger partial charge is 0.396 e. The van der Waals surface area contributed by atoms with Crippen LogP contribution in [0.15, 0.2) is 18.3 Å². The van der Waals surface area contributed by atoms with E-state index in [-0.39, 0.29) is 6.61 Å². The third kappa shape index (κ3) is 3.83. The minimum atomic E-state index is 0.141. The number of benzene rings is 1. The molecule has 0 aliphatic rings. The Bertz CT molecular complexity index is 548. The van der Waals surface area contributed by atoms with Crippen molar-refractivity contribution in [3.63, 3.8) is 0 Å². The van der Waals surface area contributed by atoms with Crippen LogP contribution in [0.25, 0.3) is 0 Å². The Labute approximate surface area is 125 Å². The first kappa shape index (κ1) is 14.6. The van der Waals surface area contributed by atoms with Gasteiger partial charge in [-0.2, -0.15) is 0 Å². The van der Waals surface area contributed by atoms with Gasteiger partial charge in [-0.15, -0.1) is 5.10 Å².